The molecule has 1 amide bonds. The summed E-state index contributed by atoms with van der Waals surface area (Å²) >= 11 is 0. The number of ether oxygens (including phenoxy) is 3. The first kappa shape index (κ1) is 29.2. The minimum absolute atomic E-state index is 0.0209. The number of carboxylic acids is 1. The number of amides is 1. The number of nitrogens with one attached hydrogen (secondary N) is 1. The molecule has 0 aliphatic rings. The standard InChI is InChI=1S/C32H34N2O7/c1-21(2)40-32(37)33-20-26-19-27(15-13-24(26)14-16-29(35)36)39-18-17-28-31(38-3)41-30(34-28)25-11-9-23(10-12-25)22-7-5-4-6-8-22/h4-13,15,19,21H,14,16-18,20H2,1-3H3,(H,33,37)(H,35,36). The van der Waals surface area contributed by atoms with Gasteiger partial charge in [-0.15, -0.1) is 0 Å². The number of carbonyl (C=O) groups is 2. The summed E-state index contributed by atoms with van der Waals surface area (Å²) in [4.78, 5) is 27.7. The van der Waals surface area contributed by atoms with Gasteiger partial charge in [-0.05, 0) is 66.8 Å². The van der Waals surface area contributed by atoms with Crippen LogP contribution in [0, 0.1) is 0 Å². The lowest BCUT2D eigenvalue weighted by atomic mass is 10.0. The van der Waals surface area contributed by atoms with Crippen LogP contribution in [-0.2, 0) is 28.9 Å². The molecular formula is C32H34N2O7. The molecule has 9 heteroatoms. The number of aryl methyl sites for hydroxylation is 1. The number of rotatable bonds is 13. The molecule has 0 atom stereocenters. The normalized spacial score (nSPS) is 10.8. The quantitative estimate of drug-likeness (QED) is 0.196. The molecule has 0 fully saturated rings. The van der Waals surface area contributed by atoms with Crippen LogP contribution < -0.4 is 14.8 Å². The topological polar surface area (TPSA) is 120 Å². The third kappa shape index (κ3) is 8.35. The van der Waals surface area contributed by atoms with Crippen LogP contribution in [0.15, 0.2) is 77.2 Å². The van der Waals surface area contributed by atoms with Crippen molar-refractivity contribution in [3.05, 3.63) is 89.6 Å². The van der Waals surface area contributed by atoms with E-state index in [2.05, 4.69) is 22.4 Å². The Kier molecular flexibility index (Phi) is 9.99. The number of alkyl carbamates (subject to hydrolysis) is 1. The SMILES string of the molecule is COc1oc(-c2ccc(-c3ccccc3)cc2)nc1CCOc1ccc(CCC(=O)O)c(CNC(=O)OC(C)C)c1. The van der Waals surface area contributed by atoms with E-state index in [0.29, 0.717) is 42.7 Å². The van der Waals surface area contributed by atoms with E-state index in [1.165, 1.54) is 7.11 Å². The minimum Gasteiger partial charge on any atom is -0.493 e. The number of aromatic nitrogens is 1. The fraction of sp³-hybridized carbons (Fsp3) is 0.281. The van der Waals surface area contributed by atoms with Gasteiger partial charge in [0, 0.05) is 24.9 Å². The van der Waals surface area contributed by atoms with Crippen molar-refractivity contribution in [2.24, 2.45) is 0 Å². The molecule has 9 nitrogen and oxygen atoms in total. The van der Waals surface area contributed by atoms with Gasteiger partial charge in [0.05, 0.1) is 19.8 Å². The number of nitrogens with zero attached hydrogens (tertiary/aromatic N) is 1. The van der Waals surface area contributed by atoms with Gasteiger partial charge in [0.25, 0.3) is 0 Å². The molecule has 1 heterocycles. The predicted molar refractivity (Wildman–Crippen MR) is 154 cm³/mol. The number of methoxy groups -OCH3 is 1. The fourth-order valence-electron chi connectivity index (χ4n) is 4.25. The van der Waals surface area contributed by atoms with Gasteiger partial charge < -0.3 is 29.1 Å². The maximum absolute atomic E-state index is 12.0. The maximum atomic E-state index is 12.0. The monoisotopic (exact) mass is 558 g/mol. The van der Waals surface area contributed by atoms with E-state index in [-0.39, 0.29) is 19.1 Å². The predicted octanol–water partition coefficient (Wildman–Crippen LogP) is 6.29. The van der Waals surface area contributed by atoms with Crippen LogP contribution in [0.1, 0.15) is 37.1 Å². The van der Waals surface area contributed by atoms with E-state index < -0.39 is 12.1 Å². The number of carbonyl (C=O) groups excluding carboxylic acids is 1. The van der Waals surface area contributed by atoms with Crippen LogP contribution in [0.4, 0.5) is 4.79 Å². The average molecular weight is 559 g/mol. The van der Waals surface area contributed by atoms with Crippen molar-refractivity contribution < 1.29 is 33.3 Å². The maximum Gasteiger partial charge on any atom is 0.407 e. The average Bonchev–Trinajstić information content (AvgIpc) is 3.39. The summed E-state index contributed by atoms with van der Waals surface area (Å²) in [5.41, 5.74) is 5.26. The molecule has 0 aliphatic heterocycles. The first-order valence-electron chi connectivity index (χ1n) is 13.4. The van der Waals surface area contributed by atoms with Crippen molar-refractivity contribution in [1.82, 2.24) is 10.3 Å². The summed E-state index contributed by atoms with van der Waals surface area (Å²) in [5, 5.41) is 11.8. The molecule has 3 aromatic carbocycles. The van der Waals surface area contributed by atoms with Crippen LogP contribution in [0.25, 0.3) is 22.6 Å². The molecule has 1 aromatic heterocycles. The summed E-state index contributed by atoms with van der Waals surface area (Å²) in [6.07, 6.45) is -0.0496. The van der Waals surface area contributed by atoms with Crippen molar-refractivity contribution in [3.63, 3.8) is 0 Å². The summed E-state index contributed by atoms with van der Waals surface area (Å²) in [6, 6.07) is 23.5. The van der Waals surface area contributed by atoms with E-state index in [1.54, 1.807) is 26.0 Å². The lowest BCUT2D eigenvalue weighted by molar-refractivity contribution is -0.136. The first-order chi connectivity index (χ1) is 19.8. The van der Waals surface area contributed by atoms with E-state index in [0.717, 1.165) is 27.8 Å². The zero-order valence-corrected chi connectivity index (χ0v) is 23.4. The van der Waals surface area contributed by atoms with Gasteiger partial charge in [-0.1, -0.05) is 48.5 Å². The number of benzene rings is 3. The Hall–Kier alpha value is -4.79. The van der Waals surface area contributed by atoms with Gasteiger partial charge in [-0.2, -0.15) is 0 Å². The third-order valence-electron chi connectivity index (χ3n) is 6.25. The smallest absolute Gasteiger partial charge is 0.407 e. The van der Waals surface area contributed by atoms with Gasteiger partial charge in [0.2, 0.25) is 5.89 Å². The largest absolute Gasteiger partial charge is 0.493 e. The van der Waals surface area contributed by atoms with Crippen LogP contribution >= 0.6 is 0 Å². The lowest BCUT2D eigenvalue weighted by Gasteiger charge is -2.14. The highest BCUT2D eigenvalue weighted by atomic mass is 16.6. The molecular weight excluding hydrogens is 524 g/mol. The molecule has 4 rings (SSSR count). The highest BCUT2D eigenvalue weighted by molar-refractivity contribution is 5.69. The van der Waals surface area contributed by atoms with Gasteiger partial charge >= 0.3 is 18.0 Å². The van der Waals surface area contributed by atoms with Gasteiger partial charge in [0.1, 0.15) is 11.4 Å². The molecule has 0 radical (unpaired) electrons. The Morgan fingerprint density at radius 1 is 0.927 bits per heavy atom. The first-order valence-corrected chi connectivity index (χ1v) is 13.4. The Bertz CT molecular complexity index is 1450. The van der Waals surface area contributed by atoms with Gasteiger partial charge in [0.15, 0.2) is 0 Å². The van der Waals surface area contributed by atoms with Crippen LogP contribution in [0.3, 0.4) is 0 Å². The molecule has 41 heavy (non-hydrogen) atoms. The van der Waals surface area contributed by atoms with Crippen LogP contribution in [-0.4, -0.2) is 42.0 Å². The van der Waals surface area contributed by atoms with Crippen molar-refractivity contribution >= 4 is 12.1 Å². The van der Waals surface area contributed by atoms with E-state index >= 15 is 0 Å². The summed E-state index contributed by atoms with van der Waals surface area (Å²) < 4.78 is 22.4. The molecule has 0 spiro atoms. The zero-order valence-electron chi connectivity index (χ0n) is 23.4. The van der Waals surface area contributed by atoms with E-state index in [9.17, 15) is 9.59 Å². The Morgan fingerprint density at radius 3 is 2.32 bits per heavy atom. The summed E-state index contributed by atoms with van der Waals surface area (Å²) in [6.45, 7) is 4.01. The lowest BCUT2D eigenvalue weighted by Crippen LogP contribution is -2.26. The Balaban J connectivity index is 1.41. The number of hydrogen-bond donors (Lipinski definition) is 2. The summed E-state index contributed by atoms with van der Waals surface area (Å²) in [5.74, 6) is 0.475. The second kappa shape index (κ2) is 14.0. The van der Waals surface area contributed by atoms with Gasteiger partial charge in [-0.25, -0.2) is 9.78 Å². The molecule has 0 aliphatic carbocycles. The highest BCUT2D eigenvalue weighted by Gasteiger charge is 2.16. The minimum atomic E-state index is -0.892. The second-order valence-corrected chi connectivity index (χ2v) is 9.63. The van der Waals surface area contributed by atoms with Crippen molar-refractivity contribution in [1.29, 1.82) is 0 Å². The molecule has 0 saturated heterocycles. The van der Waals surface area contributed by atoms with E-state index in [1.807, 2.05) is 48.5 Å². The molecule has 0 saturated carbocycles. The number of oxazole rings is 1. The molecule has 0 bridgehead atoms. The van der Waals surface area contributed by atoms with Crippen LogP contribution in [0.2, 0.25) is 0 Å². The number of carboxylic acid groups (broad SMARTS) is 1. The molecule has 214 valence electrons. The molecule has 0 unspecified atom stereocenters. The Labute approximate surface area is 239 Å². The van der Waals surface area contributed by atoms with Crippen molar-refractivity contribution in [2.45, 2.75) is 45.8 Å². The third-order valence-corrected chi connectivity index (χ3v) is 6.25. The Morgan fingerprint density at radius 2 is 1.63 bits per heavy atom. The molecule has 2 N–H and O–H groups in total. The zero-order chi connectivity index (χ0) is 29.2. The van der Waals surface area contributed by atoms with Crippen LogP contribution in [0.5, 0.6) is 11.7 Å². The highest BCUT2D eigenvalue weighted by Crippen LogP contribution is 2.30. The fourth-order valence-corrected chi connectivity index (χ4v) is 4.25. The van der Waals surface area contributed by atoms with Gasteiger partial charge in [-0.3, -0.25) is 4.79 Å². The van der Waals surface area contributed by atoms with Crippen molar-refractivity contribution in [3.8, 4) is 34.3 Å². The molecule has 4 aromatic rings. The second-order valence-electron chi connectivity index (χ2n) is 9.63. The van der Waals surface area contributed by atoms with E-state index in [4.69, 9.17) is 23.7 Å². The number of hydrogen-bond acceptors (Lipinski definition) is 7. The van der Waals surface area contributed by atoms with Crippen molar-refractivity contribution in [2.75, 3.05) is 13.7 Å². The number of aliphatic carboxylic acids is 1. The summed E-state index contributed by atoms with van der Waals surface area (Å²) in [7, 11) is 1.53.